The Balaban J connectivity index is 2.45. The van der Waals surface area contributed by atoms with E-state index in [2.05, 4.69) is 13.8 Å². The fraction of sp³-hybridized carbons (Fsp3) is 0.588. The standard InChI is InChI=1S/C17H27O3S/c1-3-5-7-8-14-20-16-10-12-17(13-11-16)21(18,19)15-9-6-4-2/h10-13H,2-9,14-15H2,1H3. The lowest BCUT2D eigenvalue weighted by Crippen LogP contribution is -2.06. The van der Waals surface area contributed by atoms with Gasteiger partial charge >= 0.3 is 0 Å². The van der Waals surface area contributed by atoms with Crippen molar-refractivity contribution in [1.82, 2.24) is 0 Å². The number of unbranched alkanes of at least 4 members (excludes halogenated alkanes) is 5. The van der Waals surface area contributed by atoms with Crippen molar-refractivity contribution >= 4 is 9.84 Å². The number of hydrogen-bond acceptors (Lipinski definition) is 3. The molecule has 0 amide bonds. The number of ether oxygens (including phenoxy) is 1. The highest BCUT2D eigenvalue weighted by Gasteiger charge is 2.13. The maximum atomic E-state index is 12.1. The Labute approximate surface area is 129 Å². The maximum absolute atomic E-state index is 12.1. The summed E-state index contributed by atoms with van der Waals surface area (Å²) in [4.78, 5) is 0.380. The Hall–Kier alpha value is -1.03. The van der Waals surface area contributed by atoms with Crippen molar-refractivity contribution in [3.8, 4) is 5.75 Å². The van der Waals surface area contributed by atoms with E-state index in [1.54, 1.807) is 24.3 Å². The Kier molecular flexibility index (Phi) is 8.43. The van der Waals surface area contributed by atoms with Gasteiger partial charge in [0.1, 0.15) is 5.75 Å². The molecule has 1 radical (unpaired) electrons. The smallest absolute Gasteiger partial charge is 0.178 e. The van der Waals surface area contributed by atoms with Gasteiger partial charge in [0.15, 0.2) is 9.84 Å². The minimum Gasteiger partial charge on any atom is -0.494 e. The molecule has 0 spiro atoms. The molecular weight excluding hydrogens is 284 g/mol. The van der Waals surface area contributed by atoms with Crippen LogP contribution in [0, 0.1) is 6.92 Å². The predicted molar refractivity (Wildman–Crippen MR) is 87.3 cm³/mol. The summed E-state index contributed by atoms with van der Waals surface area (Å²) in [7, 11) is -3.17. The van der Waals surface area contributed by atoms with Crippen molar-refractivity contribution < 1.29 is 13.2 Å². The molecule has 0 unspecified atom stereocenters. The first kappa shape index (κ1) is 18.0. The van der Waals surface area contributed by atoms with E-state index in [0.717, 1.165) is 25.0 Å². The van der Waals surface area contributed by atoms with Gasteiger partial charge in [-0.1, -0.05) is 46.0 Å². The molecule has 0 aliphatic rings. The molecule has 119 valence electrons. The number of hydrogen-bond donors (Lipinski definition) is 0. The van der Waals surface area contributed by atoms with E-state index >= 15 is 0 Å². The molecule has 0 atom stereocenters. The molecule has 3 nitrogen and oxygen atoms in total. The molecule has 0 fully saturated rings. The molecule has 0 heterocycles. The molecule has 0 saturated carbocycles. The van der Waals surface area contributed by atoms with Crippen LogP contribution in [0.1, 0.15) is 51.9 Å². The van der Waals surface area contributed by atoms with Gasteiger partial charge in [-0.25, -0.2) is 8.42 Å². The lowest BCUT2D eigenvalue weighted by molar-refractivity contribution is 0.305. The summed E-state index contributed by atoms with van der Waals surface area (Å²) in [5.74, 6) is 0.933. The highest BCUT2D eigenvalue weighted by Crippen LogP contribution is 2.18. The quantitative estimate of drug-likeness (QED) is 0.568. The molecule has 1 aromatic rings. The molecule has 1 aromatic carbocycles. The third-order valence-electron chi connectivity index (χ3n) is 3.36. The monoisotopic (exact) mass is 311 g/mol. The van der Waals surface area contributed by atoms with E-state index < -0.39 is 9.84 Å². The second-order valence-electron chi connectivity index (χ2n) is 5.26. The first-order valence-electron chi connectivity index (χ1n) is 7.85. The van der Waals surface area contributed by atoms with Crippen molar-refractivity contribution in [3.63, 3.8) is 0 Å². The fourth-order valence-electron chi connectivity index (χ4n) is 2.05. The van der Waals surface area contributed by atoms with Gasteiger partial charge in [-0.2, -0.15) is 0 Å². The summed E-state index contributed by atoms with van der Waals surface area (Å²) in [5.41, 5.74) is 0. The van der Waals surface area contributed by atoms with Crippen molar-refractivity contribution in [1.29, 1.82) is 0 Å². The Bertz CT molecular complexity index is 477. The van der Waals surface area contributed by atoms with Crippen molar-refractivity contribution in [2.75, 3.05) is 12.4 Å². The minimum atomic E-state index is -3.17. The first-order valence-corrected chi connectivity index (χ1v) is 9.50. The first-order chi connectivity index (χ1) is 10.1. The van der Waals surface area contributed by atoms with Gasteiger partial charge in [-0.15, -0.1) is 0 Å². The summed E-state index contributed by atoms with van der Waals surface area (Å²) < 4.78 is 29.8. The van der Waals surface area contributed by atoms with Crippen LogP contribution in [0.25, 0.3) is 0 Å². The van der Waals surface area contributed by atoms with Crippen LogP contribution in [-0.2, 0) is 9.84 Å². The van der Waals surface area contributed by atoms with Crippen molar-refractivity contribution in [3.05, 3.63) is 31.2 Å². The van der Waals surface area contributed by atoms with Crippen LogP contribution in [0.5, 0.6) is 5.75 Å². The molecule has 0 aromatic heterocycles. The molecule has 0 bridgehead atoms. The van der Waals surface area contributed by atoms with Crippen LogP contribution >= 0.6 is 0 Å². The van der Waals surface area contributed by atoms with E-state index in [9.17, 15) is 8.42 Å². The maximum Gasteiger partial charge on any atom is 0.178 e. The summed E-state index contributed by atoms with van der Waals surface area (Å²) >= 11 is 0. The van der Waals surface area contributed by atoms with Crippen molar-refractivity contribution in [2.24, 2.45) is 0 Å². The third kappa shape index (κ3) is 6.98. The van der Waals surface area contributed by atoms with E-state index in [0.29, 0.717) is 17.9 Å². The summed E-state index contributed by atoms with van der Waals surface area (Å²) in [6.45, 7) is 6.59. The third-order valence-corrected chi connectivity index (χ3v) is 5.18. The summed E-state index contributed by atoms with van der Waals surface area (Å²) in [5, 5.41) is 0. The number of sulfone groups is 1. The lowest BCUT2D eigenvalue weighted by Gasteiger charge is -2.08. The molecule has 0 N–H and O–H groups in total. The van der Waals surface area contributed by atoms with Crippen LogP contribution in [0.15, 0.2) is 29.2 Å². The molecule has 0 saturated heterocycles. The van der Waals surface area contributed by atoms with Crippen LogP contribution in [0.4, 0.5) is 0 Å². The van der Waals surface area contributed by atoms with Gasteiger partial charge < -0.3 is 4.74 Å². The van der Waals surface area contributed by atoms with Crippen LogP contribution in [-0.4, -0.2) is 20.8 Å². The van der Waals surface area contributed by atoms with Crippen LogP contribution in [0.2, 0.25) is 0 Å². The second-order valence-corrected chi connectivity index (χ2v) is 7.37. The van der Waals surface area contributed by atoms with Gasteiger partial charge in [-0.3, -0.25) is 0 Å². The molecule has 4 heteroatoms. The second kappa shape index (κ2) is 9.82. The normalized spacial score (nSPS) is 11.5. The van der Waals surface area contributed by atoms with Gasteiger partial charge in [0, 0.05) is 0 Å². The minimum absolute atomic E-state index is 0.194. The van der Waals surface area contributed by atoms with Crippen LogP contribution < -0.4 is 4.74 Å². The van der Waals surface area contributed by atoms with E-state index in [4.69, 9.17) is 4.74 Å². The zero-order valence-electron chi connectivity index (χ0n) is 13.0. The van der Waals surface area contributed by atoms with Crippen LogP contribution in [0.3, 0.4) is 0 Å². The average Bonchev–Trinajstić information content (AvgIpc) is 2.48. The molecular formula is C17H27O3S. The molecule has 1 rings (SSSR count). The average molecular weight is 311 g/mol. The zero-order valence-corrected chi connectivity index (χ0v) is 13.8. The SMILES string of the molecule is [CH2]CCCCS(=O)(=O)c1ccc(OCCCCCC)cc1. The van der Waals surface area contributed by atoms with E-state index in [-0.39, 0.29) is 5.75 Å². The van der Waals surface area contributed by atoms with Gasteiger partial charge in [0.2, 0.25) is 0 Å². The zero-order chi connectivity index (χ0) is 15.6. The van der Waals surface area contributed by atoms with Crippen molar-refractivity contribution in [2.45, 2.75) is 56.8 Å². The summed E-state index contributed by atoms with van der Waals surface area (Å²) in [6, 6.07) is 6.77. The van der Waals surface area contributed by atoms with E-state index in [1.165, 1.54) is 19.3 Å². The lowest BCUT2D eigenvalue weighted by atomic mass is 10.2. The number of benzene rings is 1. The van der Waals surface area contributed by atoms with Gasteiger partial charge in [-0.05, 0) is 37.1 Å². The topological polar surface area (TPSA) is 43.4 Å². The molecule has 0 aliphatic heterocycles. The van der Waals surface area contributed by atoms with E-state index in [1.807, 2.05) is 0 Å². The largest absolute Gasteiger partial charge is 0.494 e. The highest BCUT2D eigenvalue weighted by atomic mass is 32.2. The molecule has 0 aliphatic carbocycles. The number of rotatable bonds is 11. The highest BCUT2D eigenvalue weighted by molar-refractivity contribution is 7.91. The Morgan fingerprint density at radius 2 is 1.71 bits per heavy atom. The Morgan fingerprint density at radius 1 is 1.00 bits per heavy atom. The molecule has 21 heavy (non-hydrogen) atoms. The fourth-order valence-corrected chi connectivity index (χ4v) is 3.42. The Morgan fingerprint density at radius 3 is 2.33 bits per heavy atom. The van der Waals surface area contributed by atoms with Gasteiger partial charge in [0.25, 0.3) is 0 Å². The summed E-state index contributed by atoms with van der Waals surface area (Å²) in [6.07, 6.45) is 6.95. The van der Waals surface area contributed by atoms with Gasteiger partial charge in [0.05, 0.1) is 17.3 Å². The predicted octanol–water partition coefficient (Wildman–Crippen LogP) is 4.42.